The molecule has 1 aromatic rings. The van der Waals surface area contributed by atoms with E-state index in [-0.39, 0.29) is 0 Å². The van der Waals surface area contributed by atoms with Gasteiger partial charge in [0.25, 0.3) is 0 Å². The Hall–Kier alpha value is -0.800. The Morgan fingerprint density at radius 2 is 2.06 bits per heavy atom. The standard InChI is InChI=1S/C15H26N2O/c1-12-8-9-14(18-12)11-17(2)15(10-16)13-6-4-3-5-7-13/h8-9,13,15H,3-7,10-11,16H2,1-2H3. The van der Waals surface area contributed by atoms with Crippen molar-refractivity contribution in [3.8, 4) is 0 Å². The van der Waals surface area contributed by atoms with Crippen LogP contribution in [0.2, 0.25) is 0 Å². The first-order valence-corrected chi connectivity index (χ1v) is 7.16. The predicted octanol–water partition coefficient (Wildman–Crippen LogP) is 2.93. The zero-order valence-electron chi connectivity index (χ0n) is 11.7. The molecule has 1 aliphatic carbocycles. The number of aryl methyl sites for hydroxylation is 1. The van der Waals surface area contributed by atoms with Crippen LogP contribution in [0.1, 0.15) is 43.6 Å². The van der Waals surface area contributed by atoms with Crippen molar-refractivity contribution in [1.29, 1.82) is 0 Å². The molecule has 0 aromatic carbocycles. The molecule has 1 atom stereocenters. The third-order valence-corrected chi connectivity index (χ3v) is 4.20. The third-order valence-electron chi connectivity index (χ3n) is 4.20. The van der Waals surface area contributed by atoms with E-state index in [2.05, 4.69) is 18.0 Å². The summed E-state index contributed by atoms with van der Waals surface area (Å²) in [5.41, 5.74) is 5.99. The topological polar surface area (TPSA) is 42.4 Å². The van der Waals surface area contributed by atoms with Gasteiger partial charge in [-0.15, -0.1) is 0 Å². The first kappa shape index (κ1) is 13.6. The van der Waals surface area contributed by atoms with Gasteiger partial charge in [-0.05, 0) is 44.9 Å². The number of likely N-dealkylation sites (N-methyl/N-ethyl adjacent to an activating group) is 1. The van der Waals surface area contributed by atoms with E-state index in [0.717, 1.165) is 30.5 Å². The highest BCUT2D eigenvalue weighted by Crippen LogP contribution is 2.28. The molecule has 1 fully saturated rings. The summed E-state index contributed by atoms with van der Waals surface area (Å²) in [6, 6.07) is 4.59. The highest BCUT2D eigenvalue weighted by atomic mass is 16.3. The van der Waals surface area contributed by atoms with Gasteiger partial charge in [-0.2, -0.15) is 0 Å². The largest absolute Gasteiger partial charge is 0.465 e. The lowest BCUT2D eigenvalue weighted by atomic mass is 9.83. The van der Waals surface area contributed by atoms with Crippen molar-refractivity contribution in [1.82, 2.24) is 4.90 Å². The monoisotopic (exact) mass is 250 g/mol. The highest BCUT2D eigenvalue weighted by molar-refractivity contribution is 5.05. The van der Waals surface area contributed by atoms with E-state index in [0.29, 0.717) is 6.04 Å². The number of furan rings is 1. The van der Waals surface area contributed by atoms with Crippen LogP contribution >= 0.6 is 0 Å². The summed E-state index contributed by atoms with van der Waals surface area (Å²) in [6.45, 7) is 3.61. The van der Waals surface area contributed by atoms with Gasteiger partial charge in [0, 0.05) is 12.6 Å². The summed E-state index contributed by atoms with van der Waals surface area (Å²) in [5.74, 6) is 2.80. The Morgan fingerprint density at radius 1 is 1.33 bits per heavy atom. The van der Waals surface area contributed by atoms with E-state index in [1.165, 1.54) is 32.1 Å². The minimum atomic E-state index is 0.496. The molecule has 3 nitrogen and oxygen atoms in total. The maximum Gasteiger partial charge on any atom is 0.118 e. The second kappa shape index (κ2) is 6.39. The van der Waals surface area contributed by atoms with E-state index in [1.54, 1.807) is 0 Å². The van der Waals surface area contributed by atoms with Gasteiger partial charge in [-0.25, -0.2) is 0 Å². The molecule has 3 heteroatoms. The molecule has 1 unspecified atom stereocenters. The van der Waals surface area contributed by atoms with E-state index in [9.17, 15) is 0 Å². The molecule has 0 spiro atoms. The van der Waals surface area contributed by atoms with Crippen LogP contribution in [-0.4, -0.2) is 24.5 Å². The lowest BCUT2D eigenvalue weighted by Gasteiger charge is -2.35. The average Bonchev–Trinajstić information content (AvgIpc) is 2.77. The lowest BCUT2D eigenvalue weighted by Crippen LogP contribution is -2.43. The van der Waals surface area contributed by atoms with Gasteiger partial charge < -0.3 is 10.2 Å². The van der Waals surface area contributed by atoms with Gasteiger partial charge >= 0.3 is 0 Å². The SMILES string of the molecule is Cc1ccc(CN(C)C(CN)C2CCCCC2)o1. The van der Waals surface area contributed by atoms with Crippen LogP contribution < -0.4 is 5.73 Å². The zero-order valence-corrected chi connectivity index (χ0v) is 11.7. The lowest BCUT2D eigenvalue weighted by molar-refractivity contribution is 0.135. The van der Waals surface area contributed by atoms with Crippen molar-refractivity contribution in [3.05, 3.63) is 23.7 Å². The summed E-state index contributed by atoms with van der Waals surface area (Å²) in [7, 11) is 2.17. The van der Waals surface area contributed by atoms with E-state index in [4.69, 9.17) is 10.2 Å². The van der Waals surface area contributed by atoms with Crippen molar-refractivity contribution in [2.45, 2.75) is 51.6 Å². The molecule has 18 heavy (non-hydrogen) atoms. The number of rotatable bonds is 5. The minimum absolute atomic E-state index is 0.496. The molecule has 0 bridgehead atoms. The van der Waals surface area contributed by atoms with E-state index < -0.39 is 0 Å². The van der Waals surface area contributed by atoms with Crippen LogP contribution in [-0.2, 0) is 6.54 Å². The summed E-state index contributed by atoms with van der Waals surface area (Å²) in [5, 5.41) is 0. The Kier molecular flexibility index (Phi) is 4.84. The molecule has 0 aliphatic heterocycles. The van der Waals surface area contributed by atoms with Crippen LogP contribution in [0.15, 0.2) is 16.5 Å². The van der Waals surface area contributed by atoms with Crippen LogP contribution in [0.3, 0.4) is 0 Å². The second-order valence-electron chi connectivity index (χ2n) is 5.63. The molecule has 1 saturated carbocycles. The summed E-state index contributed by atoms with van der Waals surface area (Å²) in [6.07, 6.45) is 6.81. The molecule has 102 valence electrons. The normalized spacial score (nSPS) is 19.3. The average molecular weight is 250 g/mol. The van der Waals surface area contributed by atoms with Crippen molar-refractivity contribution >= 4 is 0 Å². The molecular weight excluding hydrogens is 224 g/mol. The molecule has 1 aromatic heterocycles. The fourth-order valence-electron chi connectivity index (χ4n) is 3.18. The smallest absolute Gasteiger partial charge is 0.118 e. The quantitative estimate of drug-likeness (QED) is 0.873. The third kappa shape index (κ3) is 3.36. The maximum absolute atomic E-state index is 5.99. The van der Waals surface area contributed by atoms with Gasteiger partial charge in [0.2, 0.25) is 0 Å². The van der Waals surface area contributed by atoms with Crippen LogP contribution in [0.4, 0.5) is 0 Å². The van der Waals surface area contributed by atoms with Gasteiger partial charge in [0.15, 0.2) is 0 Å². The van der Waals surface area contributed by atoms with Crippen LogP contribution in [0.5, 0.6) is 0 Å². The van der Waals surface area contributed by atoms with Crippen molar-refractivity contribution < 1.29 is 4.42 Å². The first-order valence-electron chi connectivity index (χ1n) is 7.16. The molecule has 0 saturated heterocycles. The maximum atomic E-state index is 5.99. The van der Waals surface area contributed by atoms with Gasteiger partial charge in [-0.3, -0.25) is 4.90 Å². The second-order valence-corrected chi connectivity index (χ2v) is 5.63. The summed E-state index contributed by atoms with van der Waals surface area (Å²) < 4.78 is 5.65. The Balaban J connectivity index is 1.93. The Bertz CT molecular complexity index is 355. The molecule has 2 rings (SSSR count). The molecule has 2 N–H and O–H groups in total. The number of nitrogens with zero attached hydrogens (tertiary/aromatic N) is 1. The zero-order chi connectivity index (χ0) is 13.0. The van der Waals surface area contributed by atoms with Crippen molar-refractivity contribution in [2.24, 2.45) is 11.7 Å². The molecular formula is C15H26N2O. The fourth-order valence-corrected chi connectivity index (χ4v) is 3.18. The minimum Gasteiger partial charge on any atom is -0.465 e. The molecule has 1 heterocycles. The number of hydrogen-bond acceptors (Lipinski definition) is 3. The van der Waals surface area contributed by atoms with Gasteiger partial charge in [-0.1, -0.05) is 19.3 Å². The number of nitrogens with two attached hydrogens (primary N) is 1. The highest BCUT2D eigenvalue weighted by Gasteiger charge is 2.26. The Labute approximate surface area is 110 Å². The Morgan fingerprint density at radius 3 is 2.61 bits per heavy atom. The van der Waals surface area contributed by atoms with Crippen LogP contribution in [0.25, 0.3) is 0 Å². The fraction of sp³-hybridized carbons (Fsp3) is 0.733. The van der Waals surface area contributed by atoms with E-state index >= 15 is 0 Å². The number of hydrogen-bond donors (Lipinski definition) is 1. The van der Waals surface area contributed by atoms with Gasteiger partial charge in [0.1, 0.15) is 11.5 Å². The van der Waals surface area contributed by atoms with Crippen LogP contribution in [0, 0.1) is 12.8 Å². The molecule has 0 radical (unpaired) electrons. The van der Waals surface area contributed by atoms with Crippen molar-refractivity contribution in [3.63, 3.8) is 0 Å². The van der Waals surface area contributed by atoms with Crippen molar-refractivity contribution in [2.75, 3.05) is 13.6 Å². The van der Waals surface area contributed by atoms with Gasteiger partial charge in [0.05, 0.1) is 6.54 Å². The summed E-state index contributed by atoms with van der Waals surface area (Å²) >= 11 is 0. The summed E-state index contributed by atoms with van der Waals surface area (Å²) in [4.78, 5) is 2.37. The van der Waals surface area contributed by atoms with E-state index in [1.807, 2.05) is 13.0 Å². The molecule has 0 amide bonds. The predicted molar refractivity (Wildman–Crippen MR) is 74.3 cm³/mol. The first-order chi connectivity index (χ1) is 8.70. The molecule has 1 aliphatic rings.